The lowest BCUT2D eigenvalue weighted by Gasteiger charge is -2.04. The van der Waals surface area contributed by atoms with E-state index in [0.29, 0.717) is 0 Å². The summed E-state index contributed by atoms with van der Waals surface area (Å²) in [7, 11) is 1.43. The summed E-state index contributed by atoms with van der Waals surface area (Å²) in [5.74, 6) is -0.345. The maximum Gasteiger partial charge on any atom is 0.360 e. The summed E-state index contributed by atoms with van der Waals surface area (Å²) in [4.78, 5) is 18.8. The lowest BCUT2D eigenvalue weighted by Crippen LogP contribution is -2.12. The van der Waals surface area contributed by atoms with Crippen LogP contribution in [0.4, 0.5) is 5.82 Å². The van der Waals surface area contributed by atoms with Gasteiger partial charge >= 0.3 is 5.97 Å². The zero-order valence-corrected chi connectivity index (χ0v) is 7.98. The summed E-state index contributed by atoms with van der Waals surface area (Å²) in [5.41, 5.74) is 5.42. The quantitative estimate of drug-likeness (QED) is 0.698. The molecule has 0 atom stereocenters. The third kappa shape index (κ3) is 2.09. The Hall–Kier alpha value is -1.85. The normalized spacial score (nSPS) is 9.57. The first-order valence-electron chi connectivity index (χ1n) is 4.02. The highest BCUT2D eigenvalue weighted by Crippen LogP contribution is 2.11. The highest BCUT2D eigenvalue weighted by Gasteiger charge is 2.14. The van der Waals surface area contributed by atoms with Crippen LogP contribution in [0.1, 0.15) is 17.4 Å². The second kappa shape index (κ2) is 4.40. The molecule has 0 fully saturated rings. The third-order valence-electron chi connectivity index (χ3n) is 1.46. The average Bonchev–Trinajstić information content (AvgIpc) is 2.19. The van der Waals surface area contributed by atoms with Gasteiger partial charge in [0, 0.05) is 0 Å². The van der Waals surface area contributed by atoms with Crippen molar-refractivity contribution >= 4 is 11.8 Å². The minimum Gasteiger partial charge on any atom is -0.480 e. The number of hydrogen-bond donors (Lipinski definition) is 1. The molecule has 0 saturated carbocycles. The zero-order chi connectivity index (χ0) is 10.6. The molecule has 0 aliphatic heterocycles. The third-order valence-corrected chi connectivity index (χ3v) is 1.46. The highest BCUT2D eigenvalue weighted by molar-refractivity contribution is 5.91. The molecular formula is C8H11N3O3. The summed E-state index contributed by atoms with van der Waals surface area (Å²) in [6.07, 6.45) is 1.33. The van der Waals surface area contributed by atoms with Gasteiger partial charge in [0.25, 0.3) is 0 Å². The SMILES string of the molecule is CCOC(=O)c1nc(OC)cnc1N. The fraction of sp³-hybridized carbons (Fsp3) is 0.375. The zero-order valence-electron chi connectivity index (χ0n) is 7.98. The molecule has 0 aliphatic rings. The molecule has 0 aromatic carbocycles. The Balaban J connectivity index is 2.99. The number of aromatic nitrogens is 2. The minimum absolute atomic E-state index is 0.0220. The van der Waals surface area contributed by atoms with Crippen LogP contribution in [-0.4, -0.2) is 29.7 Å². The van der Waals surface area contributed by atoms with Crippen molar-refractivity contribution in [1.29, 1.82) is 0 Å². The first-order chi connectivity index (χ1) is 6.69. The largest absolute Gasteiger partial charge is 0.480 e. The Kier molecular flexibility index (Phi) is 3.22. The van der Waals surface area contributed by atoms with E-state index >= 15 is 0 Å². The first kappa shape index (κ1) is 10.2. The molecule has 1 aromatic rings. The molecule has 0 spiro atoms. The Morgan fingerprint density at radius 3 is 2.93 bits per heavy atom. The van der Waals surface area contributed by atoms with Gasteiger partial charge in [0.15, 0.2) is 11.5 Å². The number of rotatable bonds is 3. The maximum absolute atomic E-state index is 11.3. The summed E-state index contributed by atoms with van der Waals surface area (Å²) in [5, 5.41) is 0. The Labute approximate surface area is 81.1 Å². The van der Waals surface area contributed by atoms with E-state index in [1.165, 1.54) is 13.3 Å². The van der Waals surface area contributed by atoms with Gasteiger partial charge in [-0.3, -0.25) is 0 Å². The molecule has 0 unspecified atom stereocenters. The van der Waals surface area contributed by atoms with Gasteiger partial charge in [-0.2, -0.15) is 0 Å². The number of carbonyl (C=O) groups excluding carboxylic acids is 1. The van der Waals surface area contributed by atoms with E-state index in [1.807, 2.05) is 0 Å². The highest BCUT2D eigenvalue weighted by atomic mass is 16.5. The number of hydrogen-bond acceptors (Lipinski definition) is 6. The molecule has 14 heavy (non-hydrogen) atoms. The Bertz CT molecular complexity index is 341. The fourth-order valence-corrected chi connectivity index (χ4v) is 0.830. The van der Waals surface area contributed by atoms with E-state index in [2.05, 4.69) is 9.97 Å². The van der Waals surface area contributed by atoms with Crippen LogP contribution in [0.25, 0.3) is 0 Å². The van der Waals surface area contributed by atoms with Gasteiger partial charge in [0.1, 0.15) is 0 Å². The van der Waals surface area contributed by atoms with Crippen molar-refractivity contribution in [1.82, 2.24) is 9.97 Å². The van der Waals surface area contributed by atoms with Crippen LogP contribution in [0, 0.1) is 0 Å². The van der Waals surface area contributed by atoms with E-state index < -0.39 is 5.97 Å². The smallest absolute Gasteiger partial charge is 0.360 e. The molecule has 2 N–H and O–H groups in total. The van der Waals surface area contributed by atoms with Crippen molar-refractivity contribution in [2.24, 2.45) is 0 Å². The van der Waals surface area contributed by atoms with Crippen LogP contribution in [-0.2, 0) is 4.74 Å². The molecule has 6 heteroatoms. The summed E-state index contributed by atoms with van der Waals surface area (Å²) in [6, 6.07) is 0. The topological polar surface area (TPSA) is 87.3 Å². The van der Waals surface area contributed by atoms with Crippen LogP contribution in [0.3, 0.4) is 0 Å². The number of anilines is 1. The Morgan fingerprint density at radius 1 is 1.64 bits per heavy atom. The van der Waals surface area contributed by atoms with Crippen molar-refractivity contribution in [3.63, 3.8) is 0 Å². The molecular weight excluding hydrogens is 186 g/mol. The van der Waals surface area contributed by atoms with Gasteiger partial charge < -0.3 is 15.2 Å². The van der Waals surface area contributed by atoms with Crippen molar-refractivity contribution in [2.45, 2.75) is 6.92 Å². The van der Waals surface area contributed by atoms with Crippen molar-refractivity contribution in [3.8, 4) is 5.88 Å². The second-order valence-corrected chi connectivity index (χ2v) is 2.37. The summed E-state index contributed by atoms with van der Waals surface area (Å²) in [6.45, 7) is 1.96. The Morgan fingerprint density at radius 2 is 2.36 bits per heavy atom. The van der Waals surface area contributed by atoms with E-state index in [1.54, 1.807) is 6.92 Å². The number of methoxy groups -OCH3 is 1. The molecule has 1 heterocycles. The maximum atomic E-state index is 11.3. The molecule has 0 aliphatic carbocycles. The average molecular weight is 197 g/mol. The van der Waals surface area contributed by atoms with Gasteiger partial charge in [-0.05, 0) is 6.92 Å². The number of ether oxygens (including phenoxy) is 2. The second-order valence-electron chi connectivity index (χ2n) is 2.37. The minimum atomic E-state index is -0.601. The molecule has 0 bridgehead atoms. The van der Waals surface area contributed by atoms with E-state index in [9.17, 15) is 4.79 Å². The molecule has 1 aromatic heterocycles. The fourth-order valence-electron chi connectivity index (χ4n) is 0.830. The van der Waals surface area contributed by atoms with E-state index in [0.717, 1.165) is 0 Å². The lowest BCUT2D eigenvalue weighted by atomic mass is 10.4. The van der Waals surface area contributed by atoms with Gasteiger partial charge in [-0.1, -0.05) is 0 Å². The van der Waals surface area contributed by atoms with Gasteiger partial charge in [-0.25, -0.2) is 14.8 Å². The van der Waals surface area contributed by atoms with Crippen molar-refractivity contribution < 1.29 is 14.3 Å². The molecule has 0 radical (unpaired) electrons. The van der Waals surface area contributed by atoms with E-state index in [-0.39, 0.29) is 24.0 Å². The molecule has 6 nitrogen and oxygen atoms in total. The van der Waals surface area contributed by atoms with Crippen LogP contribution in [0.5, 0.6) is 5.88 Å². The number of nitrogen functional groups attached to an aromatic ring is 1. The van der Waals surface area contributed by atoms with Crippen molar-refractivity contribution in [3.05, 3.63) is 11.9 Å². The number of nitrogens with zero attached hydrogens (tertiary/aromatic N) is 2. The number of esters is 1. The van der Waals surface area contributed by atoms with Gasteiger partial charge in [0.2, 0.25) is 5.88 Å². The van der Waals surface area contributed by atoms with Crippen LogP contribution in [0.15, 0.2) is 6.20 Å². The lowest BCUT2D eigenvalue weighted by molar-refractivity contribution is 0.0519. The predicted octanol–water partition coefficient (Wildman–Crippen LogP) is 0.244. The molecule has 0 amide bonds. The number of carbonyl (C=O) groups is 1. The molecule has 76 valence electrons. The predicted molar refractivity (Wildman–Crippen MR) is 49.0 cm³/mol. The summed E-state index contributed by atoms with van der Waals surface area (Å²) < 4.78 is 9.53. The van der Waals surface area contributed by atoms with Gasteiger partial charge in [-0.15, -0.1) is 0 Å². The number of nitrogens with two attached hydrogens (primary N) is 1. The molecule has 1 rings (SSSR count). The van der Waals surface area contributed by atoms with Crippen molar-refractivity contribution in [2.75, 3.05) is 19.5 Å². The van der Waals surface area contributed by atoms with Crippen LogP contribution < -0.4 is 10.5 Å². The van der Waals surface area contributed by atoms with Crippen LogP contribution >= 0.6 is 0 Å². The van der Waals surface area contributed by atoms with E-state index in [4.69, 9.17) is 15.2 Å². The monoisotopic (exact) mass is 197 g/mol. The standard InChI is InChI=1S/C8H11N3O3/c1-3-14-8(12)6-7(9)10-4-5(11-6)13-2/h4H,3H2,1-2H3,(H2,9,10). The molecule has 0 saturated heterocycles. The van der Waals surface area contributed by atoms with Gasteiger partial charge in [0.05, 0.1) is 19.9 Å². The van der Waals surface area contributed by atoms with Crippen LogP contribution in [0.2, 0.25) is 0 Å². The summed E-state index contributed by atoms with van der Waals surface area (Å²) >= 11 is 0. The first-order valence-corrected chi connectivity index (χ1v) is 4.02.